The van der Waals surface area contributed by atoms with Crippen molar-refractivity contribution >= 4 is 28.5 Å². The van der Waals surface area contributed by atoms with Crippen LogP contribution in [0.1, 0.15) is 11.1 Å². The predicted molar refractivity (Wildman–Crippen MR) is 125 cm³/mol. The van der Waals surface area contributed by atoms with E-state index in [4.69, 9.17) is 10.5 Å². The molecule has 0 saturated carbocycles. The molecule has 0 bridgehead atoms. The van der Waals surface area contributed by atoms with Crippen LogP contribution in [0.4, 0.5) is 17.3 Å². The number of nitrogens with zero attached hydrogens (tertiary/aromatic N) is 4. The number of anilines is 3. The molecule has 0 spiro atoms. The van der Waals surface area contributed by atoms with Gasteiger partial charge in [0.25, 0.3) is 5.88 Å². The van der Waals surface area contributed by atoms with Gasteiger partial charge in [0.2, 0.25) is 5.95 Å². The number of nitrogens with one attached hydrogen (secondary N) is 2. The van der Waals surface area contributed by atoms with Gasteiger partial charge in [0.1, 0.15) is 11.3 Å². The summed E-state index contributed by atoms with van der Waals surface area (Å²) in [4.78, 5) is 20.5. The van der Waals surface area contributed by atoms with Crippen molar-refractivity contribution < 1.29 is 4.74 Å². The first-order valence-electron chi connectivity index (χ1n) is 10.1. The summed E-state index contributed by atoms with van der Waals surface area (Å²) in [6.07, 6.45) is 5.12. The molecule has 158 valence electrons. The van der Waals surface area contributed by atoms with Crippen LogP contribution in [0.3, 0.4) is 0 Å². The molecule has 0 aliphatic carbocycles. The van der Waals surface area contributed by atoms with E-state index in [1.807, 2.05) is 62.4 Å². The predicted octanol–water partition coefficient (Wildman–Crippen LogP) is 5.15. The Kier molecular flexibility index (Phi) is 4.87. The number of imidazole rings is 1. The van der Waals surface area contributed by atoms with Crippen molar-refractivity contribution in [2.45, 2.75) is 13.8 Å². The Morgan fingerprint density at radius 1 is 0.906 bits per heavy atom. The topological polar surface area (TPSA) is 115 Å². The van der Waals surface area contributed by atoms with Crippen molar-refractivity contribution in [1.82, 2.24) is 24.9 Å². The van der Waals surface area contributed by atoms with E-state index in [9.17, 15) is 0 Å². The highest BCUT2D eigenvalue weighted by Gasteiger charge is 2.14. The summed E-state index contributed by atoms with van der Waals surface area (Å²) in [6.45, 7) is 3.97. The number of fused-ring (bicyclic) bond motifs is 1. The standard InChI is InChI=1S/C24H21N7O/c1-14-11-18(25)12-15(2)20(14)29-24-30-22-21(27-13-28-22)23(31-24)32-19-5-3-16(4-6-19)17-7-9-26-10-8-17/h3-13H,25H2,1-2H3,(H2,27,28,29,30,31). The molecular weight excluding hydrogens is 402 g/mol. The second-order valence-corrected chi connectivity index (χ2v) is 7.47. The normalized spacial score (nSPS) is 10.9. The van der Waals surface area contributed by atoms with Gasteiger partial charge in [-0.1, -0.05) is 12.1 Å². The van der Waals surface area contributed by atoms with E-state index in [1.165, 1.54) is 0 Å². The average Bonchev–Trinajstić information content (AvgIpc) is 3.26. The average molecular weight is 423 g/mol. The number of pyridine rings is 1. The van der Waals surface area contributed by atoms with E-state index in [0.717, 1.165) is 27.9 Å². The van der Waals surface area contributed by atoms with Crippen LogP contribution in [0, 0.1) is 13.8 Å². The summed E-state index contributed by atoms with van der Waals surface area (Å²) >= 11 is 0. The molecule has 8 heteroatoms. The molecule has 32 heavy (non-hydrogen) atoms. The van der Waals surface area contributed by atoms with Crippen molar-refractivity contribution in [3.8, 4) is 22.8 Å². The van der Waals surface area contributed by atoms with Crippen LogP contribution in [0.5, 0.6) is 11.6 Å². The van der Waals surface area contributed by atoms with Gasteiger partial charge in [0.05, 0.1) is 6.33 Å². The van der Waals surface area contributed by atoms with Crippen LogP contribution in [-0.4, -0.2) is 24.9 Å². The summed E-state index contributed by atoms with van der Waals surface area (Å²) in [5.74, 6) is 1.43. The second-order valence-electron chi connectivity index (χ2n) is 7.47. The summed E-state index contributed by atoms with van der Waals surface area (Å²) in [5.41, 5.74) is 12.9. The molecule has 0 atom stereocenters. The Balaban J connectivity index is 1.46. The van der Waals surface area contributed by atoms with Crippen molar-refractivity contribution in [2.75, 3.05) is 11.1 Å². The van der Waals surface area contributed by atoms with Crippen molar-refractivity contribution in [3.05, 3.63) is 78.4 Å². The highest BCUT2D eigenvalue weighted by atomic mass is 16.5. The largest absolute Gasteiger partial charge is 0.437 e. The minimum atomic E-state index is 0.386. The van der Waals surface area contributed by atoms with Gasteiger partial charge in [-0.25, -0.2) is 4.98 Å². The van der Waals surface area contributed by atoms with Gasteiger partial charge in [-0.2, -0.15) is 9.97 Å². The lowest BCUT2D eigenvalue weighted by molar-refractivity contribution is 0.468. The Bertz CT molecular complexity index is 1370. The number of hydrogen-bond acceptors (Lipinski definition) is 7. The number of rotatable bonds is 5. The lowest BCUT2D eigenvalue weighted by atomic mass is 10.1. The van der Waals surface area contributed by atoms with E-state index in [-0.39, 0.29) is 0 Å². The number of aromatic nitrogens is 5. The molecule has 4 N–H and O–H groups in total. The van der Waals surface area contributed by atoms with Gasteiger partial charge in [0.15, 0.2) is 5.65 Å². The van der Waals surface area contributed by atoms with E-state index in [0.29, 0.717) is 34.4 Å². The SMILES string of the molecule is Cc1cc(N)cc(C)c1Nc1nc(Oc2ccc(-c3ccncc3)cc2)c2[nH]cnc2n1. The summed E-state index contributed by atoms with van der Waals surface area (Å²) in [5, 5.41) is 3.29. The van der Waals surface area contributed by atoms with Gasteiger partial charge in [0, 0.05) is 23.8 Å². The van der Waals surface area contributed by atoms with E-state index >= 15 is 0 Å². The lowest BCUT2D eigenvalue weighted by Gasteiger charge is -2.13. The number of hydrogen-bond donors (Lipinski definition) is 3. The fourth-order valence-corrected chi connectivity index (χ4v) is 3.61. The number of H-pyrrole nitrogens is 1. The maximum absolute atomic E-state index is 6.10. The molecule has 0 aliphatic heterocycles. The molecule has 0 unspecified atom stereocenters. The first-order chi connectivity index (χ1) is 15.6. The zero-order valence-corrected chi connectivity index (χ0v) is 17.6. The quantitative estimate of drug-likeness (QED) is 0.335. The Labute approximate surface area is 184 Å². The van der Waals surface area contributed by atoms with Crippen LogP contribution < -0.4 is 15.8 Å². The number of aryl methyl sites for hydroxylation is 2. The molecule has 5 rings (SSSR count). The molecule has 0 aliphatic rings. The fourth-order valence-electron chi connectivity index (χ4n) is 3.61. The maximum atomic E-state index is 6.10. The van der Waals surface area contributed by atoms with Gasteiger partial charge in [-0.05, 0) is 72.5 Å². The monoisotopic (exact) mass is 423 g/mol. The maximum Gasteiger partial charge on any atom is 0.250 e. The molecule has 2 aromatic carbocycles. The van der Waals surface area contributed by atoms with E-state index in [1.54, 1.807) is 18.7 Å². The van der Waals surface area contributed by atoms with E-state index in [2.05, 4.69) is 30.2 Å². The fraction of sp³-hybridized carbons (Fsp3) is 0.0833. The molecular formula is C24H21N7O. The third kappa shape index (κ3) is 3.81. The van der Waals surface area contributed by atoms with Gasteiger partial charge < -0.3 is 20.8 Å². The molecule has 0 amide bonds. The van der Waals surface area contributed by atoms with Gasteiger partial charge in [-0.15, -0.1) is 0 Å². The molecule has 0 fully saturated rings. The second kappa shape index (κ2) is 7.99. The zero-order chi connectivity index (χ0) is 22.1. The summed E-state index contributed by atoms with van der Waals surface area (Å²) < 4.78 is 6.10. The van der Waals surface area contributed by atoms with Gasteiger partial charge >= 0.3 is 0 Å². The molecule has 8 nitrogen and oxygen atoms in total. The first-order valence-corrected chi connectivity index (χ1v) is 10.1. The van der Waals surface area contributed by atoms with Crippen LogP contribution in [0.25, 0.3) is 22.3 Å². The minimum absolute atomic E-state index is 0.386. The number of nitrogen functional groups attached to an aromatic ring is 1. The first kappa shape index (κ1) is 19.5. The minimum Gasteiger partial charge on any atom is -0.437 e. The molecule has 0 radical (unpaired) electrons. The highest BCUT2D eigenvalue weighted by Crippen LogP contribution is 2.31. The molecule has 5 aromatic rings. The molecule has 0 saturated heterocycles. The number of aromatic amines is 1. The van der Waals surface area contributed by atoms with Crippen molar-refractivity contribution in [3.63, 3.8) is 0 Å². The number of nitrogens with two attached hydrogens (primary N) is 1. The smallest absolute Gasteiger partial charge is 0.250 e. The summed E-state index contributed by atoms with van der Waals surface area (Å²) in [6, 6.07) is 15.5. The van der Waals surface area contributed by atoms with Crippen LogP contribution in [-0.2, 0) is 0 Å². The van der Waals surface area contributed by atoms with Crippen molar-refractivity contribution in [1.29, 1.82) is 0 Å². The van der Waals surface area contributed by atoms with Gasteiger partial charge in [-0.3, -0.25) is 4.98 Å². The van der Waals surface area contributed by atoms with E-state index < -0.39 is 0 Å². The highest BCUT2D eigenvalue weighted by molar-refractivity contribution is 5.78. The lowest BCUT2D eigenvalue weighted by Crippen LogP contribution is -2.03. The number of ether oxygens (including phenoxy) is 1. The van der Waals surface area contributed by atoms with Crippen LogP contribution >= 0.6 is 0 Å². The van der Waals surface area contributed by atoms with Crippen molar-refractivity contribution in [2.24, 2.45) is 0 Å². The zero-order valence-electron chi connectivity index (χ0n) is 17.6. The molecule has 3 aromatic heterocycles. The Morgan fingerprint density at radius 3 is 2.31 bits per heavy atom. The molecule has 3 heterocycles. The van der Waals surface area contributed by atoms with Crippen LogP contribution in [0.15, 0.2) is 67.3 Å². The summed E-state index contributed by atoms with van der Waals surface area (Å²) in [7, 11) is 0. The Hall–Kier alpha value is -4.46. The third-order valence-corrected chi connectivity index (χ3v) is 5.13. The Morgan fingerprint density at radius 2 is 1.59 bits per heavy atom. The number of benzene rings is 2. The van der Waals surface area contributed by atoms with Crippen LogP contribution in [0.2, 0.25) is 0 Å². The third-order valence-electron chi connectivity index (χ3n) is 5.13.